The predicted molar refractivity (Wildman–Crippen MR) is 103 cm³/mol. The molecule has 1 aliphatic rings. The number of anilines is 1. The summed E-state index contributed by atoms with van der Waals surface area (Å²) in [5.41, 5.74) is 8.36. The van der Waals surface area contributed by atoms with Gasteiger partial charge in [-0.15, -0.1) is 0 Å². The van der Waals surface area contributed by atoms with Gasteiger partial charge in [-0.05, 0) is 35.9 Å². The molecule has 6 nitrogen and oxygen atoms in total. The molecule has 6 heteroatoms. The van der Waals surface area contributed by atoms with Gasteiger partial charge in [0.25, 0.3) is 5.91 Å². The lowest BCUT2D eigenvalue weighted by Gasteiger charge is -2.37. The lowest BCUT2D eigenvalue weighted by molar-refractivity contribution is 0.0664. The van der Waals surface area contributed by atoms with E-state index in [1.54, 1.807) is 24.3 Å². The smallest absolute Gasteiger partial charge is 0.316 e. The highest BCUT2D eigenvalue weighted by Gasteiger charge is 2.32. The molecule has 0 spiro atoms. The fourth-order valence-corrected chi connectivity index (χ4v) is 3.63. The van der Waals surface area contributed by atoms with Crippen LogP contribution in [0, 0.1) is 0 Å². The maximum absolute atomic E-state index is 13.3. The van der Waals surface area contributed by atoms with Crippen molar-refractivity contribution < 1.29 is 9.59 Å². The van der Waals surface area contributed by atoms with Crippen molar-refractivity contribution >= 4 is 17.6 Å². The zero-order chi connectivity index (χ0) is 18.8. The van der Waals surface area contributed by atoms with Gasteiger partial charge in [0.15, 0.2) is 0 Å². The molecular weight excluding hydrogens is 340 g/mol. The Kier molecular flexibility index (Phi) is 4.38. The van der Waals surface area contributed by atoms with Gasteiger partial charge in [0.1, 0.15) is 0 Å². The largest absolute Gasteiger partial charge is 0.351 e. The van der Waals surface area contributed by atoms with E-state index in [0.717, 1.165) is 17.8 Å². The van der Waals surface area contributed by atoms with Crippen molar-refractivity contribution in [3.63, 3.8) is 0 Å². The summed E-state index contributed by atoms with van der Waals surface area (Å²) in [6.45, 7) is 1.35. The number of amides is 3. The first-order valence-electron chi connectivity index (χ1n) is 8.81. The van der Waals surface area contributed by atoms with Gasteiger partial charge in [-0.3, -0.25) is 4.79 Å². The number of fused-ring (bicyclic) bond motifs is 1. The van der Waals surface area contributed by atoms with E-state index < -0.39 is 6.03 Å². The number of carbonyl (C=O) groups is 2. The quantitative estimate of drug-likeness (QED) is 0.752. The van der Waals surface area contributed by atoms with Gasteiger partial charge >= 0.3 is 6.03 Å². The van der Waals surface area contributed by atoms with Crippen molar-refractivity contribution in [3.05, 3.63) is 89.7 Å². The molecule has 0 radical (unpaired) electrons. The van der Waals surface area contributed by atoms with Crippen LogP contribution in [-0.4, -0.2) is 28.0 Å². The van der Waals surface area contributed by atoms with Gasteiger partial charge in [0.2, 0.25) is 0 Å². The number of hydrogen-bond donors (Lipinski definition) is 2. The summed E-state index contributed by atoms with van der Waals surface area (Å²) in [5.74, 6) is -0.0792. The lowest BCUT2D eigenvalue weighted by atomic mass is 9.99. The van der Waals surface area contributed by atoms with E-state index in [4.69, 9.17) is 5.73 Å². The molecule has 1 aromatic heterocycles. The number of nitrogens with two attached hydrogens (primary N) is 1. The highest BCUT2D eigenvalue weighted by molar-refractivity contribution is 5.97. The van der Waals surface area contributed by atoms with E-state index >= 15 is 0 Å². The Bertz CT molecular complexity index is 981. The lowest BCUT2D eigenvalue weighted by Crippen LogP contribution is -2.42. The fourth-order valence-electron chi connectivity index (χ4n) is 3.63. The fraction of sp³-hybridized carbons (Fsp3) is 0.143. The summed E-state index contributed by atoms with van der Waals surface area (Å²) < 4.78 is 2.19. The van der Waals surface area contributed by atoms with Crippen LogP contribution < -0.4 is 11.1 Å². The minimum Gasteiger partial charge on any atom is -0.351 e. The Morgan fingerprint density at radius 1 is 0.963 bits per heavy atom. The van der Waals surface area contributed by atoms with Crippen molar-refractivity contribution in [2.24, 2.45) is 5.73 Å². The summed E-state index contributed by atoms with van der Waals surface area (Å²) >= 11 is 0. The van der Waals surface area contributed by atoms with Crippen LogP contribution in [-0.2, 0) is 6.54 Å². The van der Waals surface area contributed by atoms with E-state index in [9.17, 15) is 9.59 Å². The standard InChI is InChI=1S/C21H20N4O2/c22-21(27)23-17-9-4-8-16(14-17)20(26)25-13-12-24-11-5-10-18(24)19(25)15-6-2-1-3-7-15/h1-11,14,19H,12-13H2,(H3,22,23,27). The number of urea groups is 1. The number of benzene rings is 2. The van der Waals surface area contributed by atoms with Gasteiger partial charge < -0.3 is 20.5 Å². The molecule has 3 amide bonds. The Hall–Kier alpha value is -3.54. The van der Waals surface area contributed by atoms with Crippen LogP contribution in [0.3, 0.4) is 0 Å². The number of nitrogens with zero attached hydrogens (tertiary/aromatic N) is 2. The monoisotopic (exact) mass is 360 g/mol. The van der Waals surface area contributed by atoms with Crippen LogP contribution in [0.1, 0.15) is 27.7 Å². The third kappa shape index (κ3) is 3.29. The molecule has 0 bridgehead atoms. The highest BCUT2D eigenvalue weighted by Crippen LogP contribution is 2.33. The second-order valence-corrected chi connectivity index (χ2v) is 6.51. The normalized spacial score (nSPS) is 15.9. The van der Waals surface area contributed by atoms with Gasteiger partial charge in [-0.25, -0.2) is 4.79 Å². The SMILES string of the molecule is NC(=O)Nc1cccc(C(=O)N2CCn3cccc3C2c2ccccc2)c1. The molecule has 3 aromatic rings. The molecular formula is C21H20N4O2. The van der Waals surface area contributed by atoms with Crippen LogP contribution >= 0.6 is 0 Å². The maximum atomic E-state index is 13.3. The average molecular weight is 360 g/mol. The van der Waals surface area contributed by atoms with Crippen molar-refractivity contribution in [3.8, 4) is 0 Å². The van der Waals surface area contributed by atoms with Crippen LogP contribution in [0.2, 0.25) is 0 Å². The first kappa shape index (κ1) is 16.9. The van der Waals surface area contributed by atoms with E-state index in [-0.39, 0.29) is 11.9 Å². The van der Waals surface area contributed by atoms with E-state index in [1.807, 2.05) is 47.5 Å². The van der Waals surface area contributed by atoms with Crippen molar-refractivity contribution in [2.45, 2.75) is 12.6 Å². The molecule has 4 rings (SSSR count). The minimum absolute atomic E-state index is 0.0792. The molecule has 1 atom stereocenters. The molecule has 0 fully saturated rings. The number of hydrogen-bond acceptors (Lipinski definition) is 2. The molecule has 1 aliphatic heterocycles. The second kappa shape index (κ2) is 6.99. The van der Waals surface area contributed by atoms with Crippen molar-refractivity contribution in [1.29, 1.82) is 0 Å². The Labute approximate surface area is 157 Å². The zero-order valence-corrected chi connectivity index (χ0v) is 14.7. The summed E-state index contributed by atoms with van der Waals surface area (Å²) in [4.78, 5) is 26.3. The van der Waals surface area contributed by atoms with Gasteiger partial charge in [-0.1, -0.05) is 36.4 Å². The zero-order valence-electron chi connectivity index (χ0n) is 14.7. The third-order valence-electron chi connectivity index (χ3n) is 4.79. The molecule has 1 unspecified atom stereocenters. The summed E-state index contributed by atoms with van der Waals surface area (Å²) in [6.07, 6.45) is 2.05. The molecule has 0 aliphatic carbocycles. The summed E-state index contributed by atoms with van der Waals surface area (Å²) in [5, 5.41) is 2.52. The molecule has 0 saturated carbocycles. The van der Waals surface area contributed by atoms with Crippen LogP contribution in [0.4, 0.5) is 10.5 Å². The molecule has 2 heterocycles. The first-order chi connectivity index (χ1) is 13.1. The molecule has 3 N–H and O–H groups in total. The van der Waals surface area contributed by atoms with Gasteiger partial charge in [-0.2, -0.15) is 0 Å². The number of carbonyl (C=O) groups excluding carboxylic acids is 2. The maximum Gasteiger partial charge on any atom is 0.316 e. The number of nitrogens with one attached hydrogen (secondary N) is 1. The second-order valence-electron chi connectivity index (χ2n) is 6.51. The Balaban J connectivity index is 1.71. The van der Waals surface area contributed by atoms with Gasteiger partial charge in [0, 0.05) is 36.2 Å². The van der Waals surface area contributed by atoms with Crippen LogP contribution in [0.25, 0.3) is 0 Å². The number of aromatic nitrogens is 1. The van der Waals surface area contributed by atoms with E-state index in [1.165, 1.54) is 0 Å². The predicted octanol–water partition coefficient (Wildman–Crippen LogP) is 3.22. The number of primary amides is 1. The number of rotatable bonds is 3. The Morgan fingerprint density at radius 2 is 1.78 bits per heavy atom. The van der Waals surface area contributed by atoms with Crippen molar-refractivity contribution in [2.75, 3.05) is 11.9 Å². The molecule has 27 heavy (non-hydrogen) atoms. The summed E-state index contributed by atoms with van der Waals surface area (Å²) in [6, 6.07) is 20.1. The first-order valence-corrected chi connectivity index (χ1v) is 8.81. The molecule has 136 valence electrons. The van der Waals surface area contributed by atoms with E-state index in [0.29, 0.717) is 17.8 Å². The summed E-state index contributed by atoms with van der Waals surface area (Å²) in [7, 11) is 0. The minimum atomic E-state index is -0.655. The highest BCUT2D eigenvalue weighted by atomic mass is 16.2. The average Bonchev–Trinajstić information content (AvgIpc) is 3.16. The molecule has 0 saturated heterocycles. The topological polar surface area (TPSA) is 80.4 Å². The van der Waals surface area contributed by atoms with Crippen molar-refractivity contribution in [1.82, 2.24) is 9.47 Å². The van der Waals surface area contributed by atoms with Gasteiger partial charge in [0.05, 0.1) is 6.04 Å². The van der Waals surface area contributed by atoms with Crippen LogP contribution in [0.5, 0.6) is 0 Å². The molecule has 2 aromatic carbocycles. The van der Waals surface area contributed by atoms with E-state index in [2.05, 4.69) is 16.0 Å². The van der Waals surface area contributed by atoms with Crippen LogP contribution in [0.15, 0.2) is 72.9 Å². The Morgan fingerprint density at radius 3 is 2.56 bits per heavy atom. The third-order valence-corrected chi connectivity index (χ3v) is 4.79.